The van der Waals surface area contributed by atoms with Gasteiger partial charge in [-0.2, -0.15) is 0 Å². The third-order valence-electron chi connectivity index (χ3n) is 5.90. The Morgan fingerprint density at radius 3 is 2.75 bits per heavy atom. The van der Waals surface area contributed by atoms with Crippen molar-refractivity contribution in [2.75, 3.05) is 11.9 Å². The summed E-state index contributed by atoms with van der Waals surface area (Å²) >= 11 is 0. The van der Waals surface area contributed by atoms with Crippen molar-refractivity contribution in [2.24, 2.45) is 0 Å². The van der Waals surface area contributed by atoms with E-state index in [1.807, 2.05) is 24.5 Å². The van der Waals surface area contributed by atoms with Crippen LogP contribution < -0.4 is 5.32 Å². The number of carbonyl (C=O) groups is 1. The molecule has 0 saturated carbocycles. The average Bonchev–Trinajstić information content (AvgIpc) is 3.28. The number of hydrogen-bond donors (Lipinski definition) is 1. The molecule has 2 aromatic heterocycles. The van der Waals surface area contributed by atoms with Crippen LogP contribution in [0.1, 0.15) is 32.9 Å². The summed E-state index contributed by atoms with van der Waals surface area (Å²) in [5.74, 6) is 0.921. The van der Waals surface area contributed by atoms with Crippen molar-refractivity contribution in [3.8, 4) is 5.69 Å². The molecular weight excluding hydrogens is 398 g/mol. The molecule has 1 N–H and O–H groups in total. The lowest BCUT2D eigenvalue weighted by molar-refractivity contribution is 0.102. The fraction of sp³-hybridized carbons (Fsp3) is 0.192. The molecule has 0 atom stereocenters. The first-order valence-corrected chi connectivity index (χ1v) is 10.8. The number of nitrogens with zero attached hydrogens (tertiary/aromatic N) is 4. The second-order valence-corrected chi connectivity index (χ2v) is 8.15. The van der Waals surface area contributed by atoms with Gasteiger partial charge in [-0.3, -0.25) is 14.7 Å². The fourth-order valence-corrected chi connectivity index (χ4v) is 4.28. The minimum atomic E-state index is -0.108. The minimum absolute atomic E-state index is 0.108. The number of rotatable bonds is 5. The summed E-state index contributed by atoms with van der Waals surface area (Å²) in [6.07, 6.45) is 8.03. The molecule has 3 heterocycles. The van der Waals surface area contributed by atoms with Crippen LogP contribution in [0.2, 0.25) is 0 Å². The summed E-state index contributed by atoms with van der Waals surface area (Å²) in [6, 6.07) is 18.1. The molecule has 0 unspecified atom stereocenters. The van der Waals surface area contributed by atoms with Crippen molar-refractivity contribution in [1.29, 1.82) is 0 Å². The van der Waals surface area contributed by atoms with Gasteiger partial charge in [-0.15, -0.1) is 0 Å². The van der Waals surface area contributed by atoms with Gasteiger partial charge >= 0.3 is 0 Å². The molecule has 0 spiro atoms. The molecule has 160 valence electrons. The van der Waals surface area contributed by atoms with Gasteiger partial charge in [0.25, 0.3) is 5.91 Å². The van der Waals surface area contributed by atoms with Crippen molar-refractivity contribution in [2.45, 2.75) is 26.4 Å². The molecule has 0 radical (unpaired) electrons. The SMILES string of the molecule is Cc1cccc(-n2ccnc2CN2CCc3c(cccc3NC(=O)c3ccncc3)C2)c1. The van der Waals surface area contributed by atoms with E-state index in [2.05, 4.69) is 62.0 Å². The third kappa shape index (κ3) is 4.18. The highest BCUT2D eigenvalue weighted by atomic mass is 16.1. The monoisotopic (exact) mass is 423 g/mol. The molecule has 32 heavy (non-hydrogen) atoms. The van der Waals surface area contributed by atoms with Crippen LogP contribution in [0.3, 0.4) is 0 Å². The molecule has 0 aliphatic carbocycles. The number of aromatic nitrogens is 3. The first-order valence-electron chi connectivity index (χ1n) is 10.8. The van der Waals surface area contributed by atoms with Gasteiger partial charge in [0, 0.05) is 54.8 Å². The number of amides is 1. The zero-order valence-corrected chi connectivity index (χ0v) is 18.0. The van der Waals surface area contributed by atoms with E-state index in [9.17, 15) is 4.79 Å². The number of nitrogens with one attached hydrogen (secondary N) is 1. The third-order valence-corrected chi connectivity index (χ3v) is 5.90. The normalized spacial score (nSPS) is 13.5. The maximum atomic E-state index is 12.6. The minimum Gasteiger partial charge on any atom is -0.322 e. The molecule has 2 aromatic carbocycles. The second-order valence-electron chi connectivity index (χ2n) is 8.15. The first kappa shape index (κ1) is 20.2. The van der Waals surface area contributed by atoms with E-state index < -0.39 is 0 Å². The summed E-state index contributed by atoms with van der Waals surface area (Å²) in [7, 11) is 0. The van der Waals surface area contributed by atoms with Crippen LogP contribution >= 0.6 is 0 Å². The Bertz CT molecular complexity index is 1250. The van der Waals surface area contributed by atoms with Gasteiger partial charge in [0.05, 0.1) is 6.54 Å². The predicted octanol–water partition coefficient (Wildman–Crippen LogP) is 4.39. The smallest absolute Gasteiger partial charge is 0.255 e. The van der Waals surface area contributed by atoms with Gasteiger partial charge in [0.1, 0.15) is 5.82 Å². The second kappa shape index (κ2) is 8.77. The maximum Gasteiger partial charge on any atom is 0.255 e. The molecule has 0 fully saturated rings. The summed E-state index contributed by atoms with van der Waals surface area (Å²) in [6.45, 7) is 4.62. The lowest BCUT2D eigenvalue weighted by Gasteiger charge is -2.30. The van der Waals surface area contributed by atoms with Crippen molar-refractivity contribution in [1.82, 2.24) is 19.4 Å². The number of imidazole rings is 1. The Labute approximate surface area is 187 Å². The van der Waals surface area contributed by atoms with Crippen molar-refractivity contribution >= 4 is 11.6 Å². The molecule has 5 rings (SSSR count). The van der Waals surface area contributed by atoms with E-state index >= 15 is 0 Å². The molecule has 1 amide bonds. The molecule has 0 saturated heterocycles. The van der Waals surface area contributed by atoms with Gasteiger partial charge in [-0.1, -0.05) is 24.3 Å². The predicted molar refractivity (Wildman–Crippen MR) is 125 cm³/mol. The van der Waals surface area contributed by atoms with Gasteiger partial charge in [0.15, 0.2) is 0 Å². The van der Waals surface area contributed by atoms with E-state index in [0.29, 0.717) is 5.56 Å². The lowest BCUT2D eigenvalue weighted by Crippen LogP contribution is -2.31. The molecule has 0 bridgehead atoms. The van der Waals surface area contributed by atoms with Crippen LogP contribution in [-0.2, 0) is 19.5 Å². The highest BCUT2D eigenvalue weighted by Crippen LogP contribution is 2.27. The van der Waals surface area contributed by atoms with E-state index in [1.54, 1.807) is 24.5 Å². The van der Waals surface area contributed by atoms with Crippen LogP contribution in [0.5, 0.6) is 0 Å². The van der Waals surface area contributed by atoms with E-state index in [1.165, 1.54) is 16.7 Å². The number of benzene rings is 2. The summed E-state index contributed by atoms with van der Waals surface area (Å²) < 4.78 is 2.16. The van der Waals surface area contributed by atoms with Crippen LogP contribution in [-0.4, -0.2) is 31.9 Å². The van der Waals surface area contributed by atoms with E-state index in [0.717, 1.165) is 43.3 Å². The summed E-state index contributed by atoms with van der Waals surface area (Å²) in [4.78, 5) is 23.6. The van der Waals surface area contributed by atoms with Gasteiger partial charge < -0.3 is 9.88 Å². The first-order chi connectivity index (χ1) is 15.7. The highest BCUT2D eigenvalue weighted by molar-refractivity contribution is 6.04. The highest BCUT2D eigenvalue weighted by Gasteiger charge is 2.21. The number of hydrogen-bond acceptors (Lipinski definition) is 4. The van der Waals surface area contributed by atoms with Crippen molar-refractivity contribution < 1.29 is 4.79 Å². The molecule has 1 aliphatic rings. The Morgan fingerprint density at radius 2 is 1.91 bits per heavy atom. The molecule has 6 nitrogen and oxygen atoms in total. The van der Waals surface area contributed by atoms with E-state index in [-0.39, 0.29) is 5.91 Å². The van der Waals surface area contributed by atoms with Crippen LogP contribution in [0.4, 0.5) is 5.69 Å². The number of pyridine rings is 1. The topological polar surface area (TPSA) is 63.1 Å². The number of fused-ring (bicyclic) bond motifs is 1. The molecule has 1 aliphatic heterocycles. The molecular formula is C26H25N5O. The van der Waals surface area contributed by atoms with Gasteiger partial charge in [-0.25, -0.2) is 4.98 Å². The lowest BCUT2D eigenvalue weighted by atomic mass is 9.97. The Hall–Kier alpha value is -3.77. The zero-order chi connectivity index (χ0) is 21.9. The average molecular weight is 424 g/mol. The maximum absolute atomic E-state index is 12.6. The summed E-state index contributed by atoms with van der Waals surface area (Å²) in [5, 5.41) is 3.08. The largest absolute Gasteiger partial charge is 0.322 e. The quantitative estimate of drug-likeness (QED) is 0.517. The fourth-order valence-electron chi connectivity index (χ4n) is 4.28. The van der Waals surface area contributed by atoms with Crippen LogP contribution in [0.15, 0.2) is 79.4 Å². The number of aryl methyl sites for hydroxylation is 1. The van der Waals surface area contributed by atoms with E-state index in [4.69, 9.17) is 0 Å². The standard InChI is InChI=1S/C26H25N5O/c1-19-4-2-6-22(16-19)31-15-13-28-25(31)18-30-14-10-23-21(17-30)5-3-7-24(23)29-26(32)20-8-11-27-12-9-20/h2-9,11-13,15-16H,10,14,17-18H2,1H3,(H,29,32). The van der Waals surface area contributed by atoms with Crippen molar-refractivity contribution in [3.05, 3.63) is 107 Å². The Balaban J connectivity index is 1.32. The van der Waals surface area contributed by atoms with Crippen LogP contribution in [0.25, 0.3) is 5.69 Å². The Morgan fingerprint density at radius 1 is 1.06 bits per heavy atom. The van der Waals surface area contributed by atoms with Gasteiger partial charge in [0.2, 0.25) is 0 Å². The molecule has 6 heteroatoms. The van der Waals surface area contributed by atoms with Crippen molar-refractivity contribution in [3.63, 3.8) is 0 Å². The van der Waals surface area contributed by atoms with Gasteiger partial charge in [-0.05, 0) is 60.4 Å². The summed E-state index contributed by atoms with van der Waals surface area (Å²) in [5.41, 5.74) is 6.33. The van der Waals surface area contributed by atoms with Crippen LogP contribution in [0, 0.1) is 6.92 Å². The number of anilines is 1. The zero-order valence-electron chi connectivity index (χ0n) is 18.0. The molecule has 4 aromatic rings. The number of carbonyl (C=O) groups excluding carboxylic acids is 1. The Kier molecular flexibility index (Phi) is 5.52.